The van der Waals surface area contributed by atoms with E-state index in [1.54, 1.807) is 14.2 Å². The van der Waals surface area contributed by atoms with E-state index in [4.69, 9.17) is 15.2 Å². The quantitative estimate of drug-likeness (QED) is 0.834. The summed E-state index contributed by atoms with van der Waals surface area (Å²) in [5.41, 5.74) is 8.23. The van der Waals surface area contributed by atoms with Gasteiger partial charge in [0.15, 0.2) is 11.5 Å². The van der Waals surface area contributed by atoms with Crippen molar-refractivity contribution in [3.8, 4) is 11.5 Å². The molecule has 90 valence electrons. The fourth-order valence-electron chi connectivity index (χ4n) is 1.95. The summed E-state index contributed by atoms with van der Waals surface area (Å²) >= 11 is 0. The number of methoxy groups -OCH3 is 2. The summed E-state index contributed by atoms with van der Waals surface area (Å²) in [6, 6.07) is 4.04. The van der Waals surface area contributed by atoms with Gasteiger partial charge in [0.25, 0.3) is 0 Å². The first kappa shape index (κ1) is 12.8. The van der Waals surface area contributed by atoms with E-state index in [9.17, 15) is 0 Å². The average molecular weight is 223 g/mol. The Hall–Kier alpha value is -1.22. The molecule has 1 aromatic rings. The zero-order valence-electron chi connectivity index (χ0n) is 10.5. The Bertz CT molecular complexity index is 346. The Labute approximate surface area is 97.6 Å². The molecule has 3 heteroatoms. The molecule has 0 aliphatic rings. The second-order valence-electron chi connectivity index (χ2n) is 3.90. The molecule has 0 saturated carbocycles. The molecule has 0 aromatic heterocycles. The van der Waals surface area contributed by atoms with Gasteiger partial charge in [-0.15, -0.1) is 0 Å². The summed E-state index contributed by atoms with van der Waals surface area (Å²) in [5.74, 6) is 1.94. The summed E-state index contributed by atoms with van der Waals surface area (Å²) in [5, 5.41) is 0. The number of benzene rings is 1. The van der Waals surface area contributed by atoms with E-state index in [2.05, 4.69) is 13.8 Å². The van der Waals surface area contributed by atoms with Crippen molar-refractivity contribution >= 4 is 0 Å². The Balaban J connectivity index is 3.19. The predicted molar refractivity (Wildman–Crippen MR) is 66.4 cm³/mol. The first-order valence-corrected chi connectivity index (χ1v) is 5.60. The van der Waals surface area contributed by atoms with Crippen LogP contribution in [0.15, 0.2) is 12.1 Å². The molecule has 0 saturated heterocycles. The second kappa shape index (κ2) is 5.75. The number of hydrogen-bond donors (Lipinski definition) is 1. The molecule has 2 N–H and O–H groups in total. The zero-order valence-corrected chi connectivity index (χ0v) is 10.5. The largest absolute Gasteiger partial charge is 0.493 e. The highest BCUT2D eigenvalue weighted by molar-refractivity contribution is 5.48. The number of hydrogen-bond acceptors (Lipinski definition) is 3. The first-order chi connectivity index (χ1) is 7.67. The van der Waals surface area contributed by atoms with Gasteiger partial charge >= 0.3 is 0 Å². The van der Waals surface area contributed by atoms with Crippen LogP contribution in [0.5, 0.6) is 11.5 Å². The lowest BCUT2D eigenvalue weighted by Crippen LogP contribution is -2.13. The second-order valence-corrected chi connectivity index (χ2v) is 3.90. The molecule has 1 unspecified atom stereocenters. The fraction of sp³-hybridized carbons (Fsp3) is 0.538. The molecular weight excluding hydrogens is 202 g/mol. The van der Waals surface area contributed by atoms with Crippen LogP contribution in [0.3, 0.4) is 0 Å². The summed E-state index contributed by atoms with van der Waals surface area (Å²) in [4.78, 5) is 0. The van der Waals surface area contributed by atoms with Crippen molar-refractivity contribution in [2.45, 2.75) is 26.2 Å². The molecule has 16 heavy (non-hydrogen) atoms. The van der Waals surface area contributed by atoms with E-state index in [1.807, 2.05) is 12.1 Å². The summed E-state index contributed by atoms with van der Waals surface area (Å²) in [6.45, 7) is 4.89. The van der Waals surface area contributed by atoms with Gasteiger partial charge in [-0.1, -0.05) is 6.92 Å². The van der Waals surface area contributed by atoms with Gasteiger partial charge in [0.2, 0.25) is 0 Å². The molecule has 1 aromatic carbocycles. The number of ether oxygens (including phenoxy) is 2. The molecule has 1 atom stereocenters. The topological polar surface area (TPSA) is 44.5 Å². The van der Waals surface area contributed by atoms with Crippen molar-refractivity contribution in [1.82, 2.24) is 0 Å². The fourth-order valence-corrected chi connectivity index (χ4v) is 1.95. The Morgan fingerprint density at radius 3 is 2.19 bits per heavy atom. The smallest absolute Gasteiger partial charge is 0.161 e. The van der Waals surface area contributed by atoms with Crippen LogP contribution in [0.2, 0.25) is 0 Å². The molecule has 1 rings (SSSR count). The van der Waals surface area contributed by atoms with Crippen molar-refractivity contribution in [1.29, 1.82) is 0 Å². The van der Waals surface area contributed by atoms with E-state index in [0.717, 1.165) is 17.9 Å². The first-order valence-electron chi connectivity index (χ1n) is 5.60. The minimum absolute atomic E-state index is 0.389. The van der Waals surface area contributed by atoms with E-state index in [-0.39, 0.29) is 0 Å². The normalized spacial score (nSPS) is 12.3. The van der Waals surface area contributed by atoms with Gasteiger partial charge in [-0.2, -0.15) is 0 Å². The summed E-state index contributed by atoms with van der Waals surface area (Å²) < 4.78 is 10.6. The molecule has 0 aliphatic heterocycles. The highest BCUT2D eigenvalue weighted by Gasteiger charge is 2.14. The van der Waals surface area contributed by atoms with Gasteiger partial charge in [0.1, 0.15) is 0 Å². The van der Waals surface area contributed by atoms with E-state index in [1.165, 1.54) is 11.1 Å². The number of nitrogens with two attached hydrogens (primary N) is 1. The lowest BCUT2D eigenvalue weighted by atomic mass is 9.92. The lowest BCUT2D eigenvalue weighted by molar-refractivity contribution is 0.354. The van der Waals surface area contributed by atoms with Gasteiger partial charge in [0.05, 0.1) is 14.2 Å². The van der Waals surface area contributed by atoms with Crippen LogP contribution in [0.1, 0.15) is 30.4 Å². The summed E-state index contributed by atoms with van der Waals surface area (Å²) in [6.07, 6.45) is 1.03. The molecular formula is C13H21NO2. The number of rotatable bonds is 5. The van der Waals surface area contributed by atoms with Crippen molar-refractivity contribution in [3.63, 3.8) is 0 Å². The third-order valence-electron chi connectivity index (χ3n) is 2.99. The van der Waals surface area contributed by atoms with Crippen LogP contribution < -0.4 is 15.2 Å². The maximum absolute atomic E-state index is 5.77. The molecule has 0 spiro atoms. The van der Waals surface area contributed by atoms with Crippen molar-refractivity contribution in [2.24, 2.45) is 5.73 Å². The zero-order chi connectivity index (χ0) is 12.1. The Morgan fingerprint density at radius 2 is 1.75 bits per heavy atom. The van der Waals surface area contributed by atoms with E-state index < -0.39 is 0 Å². The molecule has 3 nitrogen and oxygen atoms in total. The Morgan fingerprint density at radius 1 is 1.19 bits per heavy atom. The average Bonchev–Trinajstić information content (AvgIpc) is 2.32. The number of aryl methyl sites for hydroxylation is 1. The lowest BCUT2D eigenvalue weighted by Gasteiger charge is -2.18. The molecule has 0 radical (unpaired) electrons. The maximum Gasteiger partial charge on any atom is 0.161 e. The maximum atomic E-state index is 5.77. The molecule has 0 aliphatic carbocycles. The van der Waals surface area contributed by atoms with Gasteiger partial charge < -0.3 is 15.2 Å². The summed E-state index contributed by atoms with van der Waals surface area (Å²) in [7, 11) is 3.30. The van der Waals surface area contributed by atoms with E-state index >= 15 is 0 Å². The van der Waals surface area contributed by atoms with E-state index in [0.29, 0.717) is 12.5 Å². The van der Waals surface area contributed by atoms with Crippen LogP contribution in [-0.2, 0) is 0 Å². The third kappa shape index (κ3) is 2.47. The van der Waals surface area contributed by atoms with Gasteiger partial charge in [0, 0.05) is 0 Å². The van der Waals surface area contributed by atoms with Crippen LogP contribution in [0.4, 0.5) is 0 Å². The SMILES string of the molecule is CCC(CN)c1cc(OC)c(OC)cc1C. The van der Waals surface area contributed by atoms with Crippen LogP contribution in [0.25, 0.3) is 0 Å². The Kier molecular flexibility index (Phi) is 4.62. The van der Waals surface area contributed by atoms with Crippen molar-refractivity contribution in [2.75, 3.05) is 20.8 Å². The van der Waals surface area contributed by atoms with Crippen molar-refractivity contribution < 1.29 is 9.47 Å². The standard InChI is InChI=1S/C13H21NO2/c1-5-10(8-14)11-7-13(16-4)12(15-3)6-9(11)2/h6-7,10H,5,8,14H2,1-4H3. The van der Waals surface area contributed by atoms with Crippen LogP contribution >= 0.6 is 0 Å². The van der Waals surface area contributed by atoms with Gasteiger partial charge in [-0.05, 0) is 49.1 Å². The molecule has 0 amide bonds. The third-order valence-corrected chi connectivity index (χ3v) is 2.99. The minimum Gasteiger partial charge on any atom is -0.493 e. The predicted octanol–water partition coefficient (Wildman–Crippen LogP) is 2.46. The van der Waals surface area contributed by atoms with Crippen LogP contribution in [-0.4, -0.2) is 20.8 Å². The van der Waals surface area contributed by atoms with Gasteiger partial charge in [-0.3, -0.25) is 0 Å². The van der Waals surface area contributed by atoms with Crippen LogP contribution in [0, 0.1) is 6.92 Å². The highest BCUT2D eigenvalue weighted by atomic mass is 16.5. The van der Waals surface area contributed by atoms with Gasteiger partial charge in [-0.25, -0.2) is 0 Å². The highest BCUT2D eigenvalue weighted by Crippen LogP contribution is 2.34. The minimum atomic E-state index is 0.389. The molecule has 0 heterocycles. The monoisotopic (exact) mass is 223 g/mol. The molecule has 0 bridgehead atoms. The van der Waals surface area contributed by atoms with Crippen molar-refractivity contribution in [3.05, 3.63) is 23.3 Å². The molecule has 0 fully saturated rings.